The fraction of sp³-hybridized carbons (Fsp3) is 0.182. The summed E-state index contributed by atoms with van der Waals surface area (Å²) in [4.78, 5) is 24.1. The summed E-state index contributed by atoms with van der Waals surface area (Å²) >= 11 is 0. The van der Waals surface area contributed by atoms with E-state index in [9.17, 15) is 9.59 Å². The number of esters is 1. The number of carbonyl (C=O) groups is 2. The molecule has 4 heteroatoms. The number of nitrogens with one attached hydrogen (secondary N) is 1. The molecule has 0 radical (unpaired) electrons. The first-order valence-electron chi connectivity index (χ1n) is 8.79. The van der Waals surface area contributed by atoms with Gasteiger partial charge in [0.15, 0.2) is 0 Å². The highest BCUT2D eigenvalue weighted by Crippen LogP contribution is 2.35. The number of ether oxygens (including phenoxy) is 1. The molecule has 130 valence electrons. The lowest BCUT2D eigenvalue weighted by atomic mass is 9.92. The van der Waals surface area contributed by atoms with Gasteiger partial charge >= 0.3 is 5.97 Å². The van der Waals surface area contributed by atoms with Crippen LogP contribution in [0.2, 0.25) is 0 Å². The second kappa shape index (κ2) is 6.64. The fourth-order valence-electron chi connectivity index (χ4n) is 3.54. The van der Waals surface area contributed by atoms with Gasteiger partial charge in [-0.05, 0) is 45.3 Å². The molecule has 0 fully saturated rings. The molecule has 0 aliphatic carbocycles. The maximum absolute atomic E-state index is 12.7. The zero-order valence-corrected chi connectivity index (χ0v) is 14.5. The quantitative estimate of drug-likeness (QED) is 0.434. The Morgan fingerprint density at radius 1 is 0.885 bits per heavy atom. The van der Waals surface area contributed by atoms with E-state index in [1.54, 1.807) is 6.92 Å². The van der Waals surface area contributed by atoms with Crippen molar-refractivity contribution >= 4 is 44.2 Å². The third-order valence-corrected chi connectivity index (χ3v) is 4.69. The zero-order valence-electron chi connectivity index (χ0n) is 14.5. The highest BCUT2D eigenvalue weighted by atomic mass is 16.5. The van der Waals surface area contributed by atoms with Crippen LogP contribution in [0.15, 0.2) is 54.6 Å². The van der Waals surface area contributed by atoms with E-state index >= 15 is 0 Å². The normalized spacial score (nSPS) is 11.3. The van der Waals surface area contributed by atoms with Gasteiger partial charge in [-0.25, -0.2) is 0 Å². The monoisotopic (exact) mass is 345 g/mol. The van der Waals surface area contributed by atoms with Crippen molar-refractivity contribution in [1.82, 2.24) is 5.32 Å². The Morgan fingerprint density at radius 3 is 2.27 bits per heavy atom. The first-order valence-corrected chi connectivity index (χ1v) is 8.79. The number of hydrogen-bond donors (Lipinski definition) is 1. The van der Waals surface area contributed by atoms with Crippen molar-refractivity contribution in [3.63, 3.8) is 0 Å². The van der Waals surface area contributed by atoms with Gasteiger partial charge in [0.1, 0.15) is 0 Å². The van der Waals surface area contributed by atoms with E-state index in [0.717, 1.165) is 16.2 Å². The van der Waals surface area contributed by atoms with E-state index in [4.69, 9.17) is 4.74 Å². The van der Waals surface area contributed by atoms with Gasteiger partial charge in [0.2, 0.25) is 0 Å². The van der Waals surface area contributed by atoms with E-state index in [1.165, 1.54) is 16.2 Å². The molecule has 0 aromatic heterocycles. The zero-order chi connectivity index (χ0) is 18.1. The molecule has 1 amide bonds. The Hall–Kier alpha value is -3.14. The average Bonchev–Trinajstić information content (AvgIpc) is 2.66. The van der Waals surface area contributed by atoms with Gasteiger partial charge in [-0.2, -0.15) is 0 Å². The molecule has 0 aliphatic heterocycles. The predicted molar refractivity (Wildman–Crippen MR) is 104 cm³/mol. The van der Waals surface area contributed by atoms with Crippen molar-refractivity contribution in [2.75, 3.05) is 13.2 Å². The van der Waals surface area contributed by atoms with Gasteiger partial charge in [0.25, 0.3) is 5.91 Å². The number of carbonyl (C=O) groups excluding carboxylic acids is 2. The minimum absolute atomic E-state index is 0.172. The van der Waals surface area contributed by atoms with Crippen LogP contribution in [-0.2, 0) is 9.53 Å². The van der Waals surface area contributed by atoms with E-state index < -0.39 is 0 Å². The Balaban J connectivity index is 1.71. The van der Waals surface area contributed by atoms with Crippen LogP contribution in [0.5, 0.6) is 0 Å². The summed E-state index contributed by atoms with van der Waals surface area (Å²) in [5, 5.41) is 9.50. The van der Waals surface area contributed by atoms with E-state index in [0.29, 0.717) is 12.2 Å². The second-order valence-corrected chi connectivity index (χ2v) is 6.28. The number of hydrogen-bond acceptors (Lipinski definition) is 3. The molecule has 4 rings (SSSR count). The van der Waals surface area contributed by atoms with Gasteiger partial charge in [0.05, 0.1) is 13.0 Å². The highest BCUT2D eigenvalue weighted by molar-refractivity contribution is 6.26. The average molecular weight is 345 g/mol. The maximum atomic E-state index is 12.7. The van der Waals surface area contributed by atoms with E-state index in [2.05, 4.69) is 35.6 Å². The number of rotatable bonds is 5. The second-order valence-electron chi connectivity index (χ2n) is 6.28. The van der Waals surface area contributed by atoms with Gasteiger partial charge in [-0.15, -0.1) is 0 Å². The lowest BCUT2D eigenvalue weighted by Gasteiger charge is -2.13. The maximum Gasteiger partial charge on any atom is 0.307 e. The minimum atomic E-state index is -0.303. The molecule has 0 bridgehead atoms. The van der Waals surface area contributed by atoms with Crippen molar-refractivity contribution in [1.29, 1.82) is 0 Å². The summed E-state index contributed by atoms with van der Waals surface area (Å²) in [5.41, 5.74) is 0.625. The topological polar surface area (TPSA) is 55.4 Å². The smallest absolute Gasteiger partial charge is 0.307 e. The lowest BCUT2D eigenvalue weighted by Crippen LogP contribution is -2.26. The molecule has 26 heavy (non-hydrogen) atoms. The van der Waals surface area contributed by atoms with Crippen molar-refractivity contribution in [2.45, 2.75) is 13.3 Å². The van der Waals surface area contributed by atoms with Crippen molar-refractivity contribution in [3.05, 3.63) is 60.2 Å². The summed E-state index contributed by atoms with van der Waals surface area (Å²) in [7, 11) is 0. The summed E-state index contributed by atoms with van der Waals surface area (Å²) in [6.07, 6.45) is 0.172. The molecule has 4 aromatic carbocycles. The largest absolute Gasteiger partial charge is 0.466 e. The Morgan fingerprint density at radius 2 is 1.54 bits per heavy atom. The van der Waals surface area contributed by atoms with Gasteiger partial charge in [0, 0.05) is 12.1 Å². The first-order chi connectivity index (χ1) is 12.7. The third kappa shape index (κ3) is 2.73. The van der Waals surface area contributed by atoms with Crippen LogP contribution in [-0.4, -0.2) is 25.0 Å². The van der Waals surface area contributed by atoms with E-state index in [-0.39, 0.29) is 24.8 Å². The van der Waals surface area contributed by atoms with Crippen molar-refractivity contribution in [3.8, 4) is 0 Å². The molecule has 0 unspecified atom stereocenters. The summed E-state index contributed by atoms with van der Waals surface area (Å²) in [6, 6.07) is 18.3. The van der Waals surface area contributed by atoms with Crippen LogP contribution in [0, 0.1) is 0 Å². The summed E-state index contributed by atoms with van der Waals surface area (Å²) in [6.45, 7) is 2.38. The molecule has 0 saturated carbocycles. The van der Waals surface area contributed by atoms with Crippen LogP contribution in [0.3, 0.4) is 0 Å². The molecule has 0 atom stereocenters. The predicted octanol–water partition coefficient (Wildman–Crippen LogP) is 4.27. The Kier molecular flexibility index (Phi) is 4.17. The Labute approximate surface area is 151 Å². The molecule has 4 aromatic rings. The summed E-state index contributed by atoms with van der Waals surface area (Å²) in [5.74, 6) is -0.476. The van der Waals surface area contributed by atoms with Crippen molar-refractivity contribution in [2.24, 2.45) is 0 Å². The SMILES string of the molecule is CCOC(=O)CCNC(=O)c1ccc2ccc3cccc4ccc1c2c34. The van der Waals surface area contributed by atoms with E-state index in [1.807, 2.05) is 24.3 Å². The van der Waals surface area contributed by atoms with Crippen LogP contribution in [0.4, 0.5) is 0 Å². The summed E-state index contributed by atoms with van der Waals surface area (Å²) < 4.78 is 4.89. The van der Waals surface area contributed by atoms with Crippen LogP contribution in [0.1, 0.15) is 23.7 Å². The van der Waals surface area contributed by atoms with Crippen LogP contribution >= 0.6 is 0 Å². The van der Waals surface area contributed by atoms with Crippen molar-refractivity contribution < 1.29 is 14.3 Å². The third-order valence-electron chi connectivity index (χ3n) is 4.69. The number of amides is 1. The molecule has 0 heterocycles. The standard InChI is InChI=1S/C22H19NO3/c1-2-26-19(24)12-13-23-22(25)18-11-9-16-7-6-14-4-3-5-15-8-10-17(18)21(16)20(14)15/h3-11H,2,12-13H2,1H3,(H,23,25). The van der Waals surface area contributed by atoms with Crippen LogP contribution in [0.25, 0.3) is 32.3 Å². The van der Waals surface area contributed by atoms with Gasteiger partial charge in [-0.1, -0.05) is 48.5 Å². The van der Waals surface area contributed by atoms with Gasteiger partial charge < -0.3 is 10.1 Å². The highest BCUT2D eigenvalue weighted by Gasteiger charge is 2.15. The molecule has 0 spiro atoms. The van der Waals surface area contributed by atoms with Crippen LogP contribution < -0.4 is 5.32 Å². The lowest BCUT2D eigenvalue weighted by molar-refractivity contribution is -0.142. The first kappa shape index (κ1) is 16.3. The molecule has 0 saturated heterocycles. The molecule has 1 N–H and O–H groups in total. The molecule has 4 nitrogen and oxygen atoms in total. The molecular weight excluding hydrogens is 326 g/mol. The fourth-order valence-corrected chi connectivity index (χ4v) is 3.54. The minimum Gasteiger partial charge on any atom is -0.466 e. The van der Waals surface area contributed by atoms with Gasteiger partial charge in [-0.3, -0.25) is 9.59 Å². The molecular formula is C22H19NO3. The number of benzene rings is 4. The Bertz CT molecular complexity index is 1100. The molecule has 0 aliphatic rings.